The van der Waals surface area contributed by atoms with E-state index in [1.165, 1.54) is 0 Å². The highest BCUT2D eigenvalue weighted by Crippen LogP contribution is 2.42. The molecule has 1 aromatic rings. The lowest BCUT2D eigenvalue weighted by molar-refractivity contribution is -0.144. The molecule has 0 spiro atoms. The molecule has 3 N–H and O–H groups in total. The molecule has 0 saturated heterocycles. The quantitative estimate of drug-likeness (QED) is 0.793. The van der Waals surface area contributed by atoms with E-state index in [9.17, 15) is 4.79 Å². The average molecular weight is 237 g/mol. The third kappa shape index (κ3) is 2.02. The average Bonchev–Trinajstić information content (AvgIpc) is 2.17. The number of nitrogen functional groups attached to an aromatic ring is 1. The minimum absolute atomic E-state index is 0.189. The van der Waals surface area contributed by atoms with Gasteiger partial charge < -0.3 is 10.8 Å². The molecule has 1 saturated carbocycles. The Morgan fingerprint density at radius 3 is 2.81 bits per heavy atom. The van der Waals surface area contributed by atoms with E-state index in [-0.39, 0.29) is 11.2 Å². The van der Waals surface area contributed by atoms with Gasteiger partial charge in [-0.2, -0.15) is 0 Å². The first-order chi connectivity index (χ1) is 7.59. The van der Waals surface area contributed by atoms with Gasteiger partial charge >= 0.3 is 5.97 Å². The van der Waals surface area contributed by atoms with Crippen LogP contribution in [0.3, 0.4) is 0 Å². The summed E-state index contributed by atoms with van der Waals surface area (Å²) in [5.74, 6) is -0.865. The van der Waals surface area contributed by atoms with Gasteiger partial charge in [0.05, 0.1) is 5.92 Å². The summed E-state index contributed by atoms with van der Waals surface area (Å²) in [5, 5.41) is 9.17. The molecule has 0 bridgehead atoms. The predicted octanol–water partition coefficient (Wildman–Crippen LogP) is 2.53. The van der Waals surface area contributed by atoms with E-state index >= 15 is 0 Å². The van der Waals surface area contributed by atoms with E-state index in [0.717, 1.165) is 29.0 Å². The number of carboxylic acid groups (broad SMARTS) is 1. The van der Waals surface area contributed by atoms with Crippen molar-refractivity contribution < 1.29 is 9.90 Å². The van der Waals surface area contributed by atoms with Crippen LogP contribution in [0.4, 0.5) is 5.69 Å². The van der Waals surface area contributed by atoms with Crippen LogP contribution in [0, 0.1) is 12.8 Å². The SMILES string of the molecule is Cc1c(N)cccc1SC1CCC1C(=O)O. The number of carbonyl (C=O) groups is 1. The molecule has 1 fully saturated rings. The molecule has 1 aromatic carbocycles. The fourth-order valence-electron chi connectivity index (χ4n) is 1.82. The third-order valence-corrected chi connectivity index (χ3v) is 4.70. The molecule has 2 rings (SSSR count). The smallest absolute Gasteiger partial charge is 0.307 e. The molecular formula is C12H15NO2S. The molecule has 0 aliphatic heterocycles. The number of hydrogen-bond acceptors (Lipinski definition) is 3. The van der Waals surface area contributed by atoms with Crippen LogP contribution in [0.15, 0.2) is 23.1 Å². The molecule has 0 radical (unpaired) electrons. The molecule has 0 amide bonds. The molecule has 16 heavy (non-hydrogen) atoms. The second kappa shape index (κ2) is 4.37. The zero-order valence-corrected chi connectivity index (χ0v) is 9.96. The van der Waals surface area contributed by atoms with Crippen molar-refractivity contribution in [3.05, 3.63) is 23.8 Å². The Kier molecular flexibility index (Phi) is 3.10. The van der Waals surface area contributed by atoms with Crippen LogP contribution in [-0.4, -0.2) is 16.3 Å². The summed E-state index contributed by atoms with van der Waals surface area (Å²) in [7, 11) is 0. The van der Waals surface area contributed by atoms with E-state index < -0.39 is 5.97 Å². The molecule has 2 unspecified atom stereocenters. The van der Waals surface area contributed by atoms with Crippen molar-refractivity contribution in [3.63, 3.8) is 0 Å². The van der Waals surface area contributed by atoms with Crippen molar-refractivity contribution in [2.75, 3.05) is 5.73 Å². The molecule has 3 nitrogen and oxygen atoms in total. The van der Waals surface area contributed by atoms with Crippen LogP contribution in [-0.2, 0) is 4.79 Å². The summed E-state index contributed by atoms with van der Waals surface area (Å²) in [6, 6.07) is 5.79. The number of carboxylic acids is 1. The maximum absolute atomic E-state index is 10.9. The van der Waals surface area contributed by atoms with Gasteiger partial charge in [-0.3, -0.25) is 4.79 Å². The van der Waals surface area contributed by atoms with E-state index in [4.69, 9.17) is 10.8 Å². The Morgan fingerprint density at radius 2 is 2.25 bits per heavy atom. The van der Waals surface area contributed by atoms with E-state index in [2.05, 4.69) is 0 Å². The molecule has 0 aromatic heterocycles. The fraction of sp³-hybridized carbons (Fsp3) is 0.417. The van der Waals surface area contributed by atoms with Gasteiger partial charge in [-0.1, -0.05) is 6.07 Å². The number of anilines is 1. The molecular weight excluding hydrogens is 222 g/mol. The first kappa shape index (κ1) is 11.3. The summed E-state index contributed by atoms with van der Waals surface area (Å²) in [6.07, 6.45) is 1.78. The second-order valence-electron chi connectivity index (χ2n) is 4.15. The molecule has 1 aliphatic carbocycles. The molecule has 2 atom stereocenters. The van der Waals surface area contributed by atoms with Crippen LogP contribution in [0.1, 0.15) is 18.4 Å². The van der Waals surface area contributed by atoms with Gasteiger partial charge in [0, 0.05) is 15.8 Å². The molecule has 4 heteroatoms. The highest BCUT2D eigenvalue weighted by Gasteiger charge is 2.37. The number of benzene rings is 1. The van der Waals surface area contributed by atoms with E-state index in [1.807, 2.05) is 25.1 Å². The zero-order chi connectivity index (χ0) is 11.7. The Labute approximate surface area is 99.0 Å². The zero-order valence-electron chi connectivity index (χ0n) is 9.14. The maximum atomic E-state index is 10.9. The van der Waals surface area contributed by atoms with Gasteiger partial charge in [0.25, 0.3) is 0 Å². The van der Waals surface area contributed by atoms with E-state index in [1.54, 1.807) is 11.8 Å². The lowest BCUT2D eigenvalue weighted by Gasteiger charge is -2.33. The highest BCUT2D eigenvalue weighted by molar-refractivity contribution is 8.00. The molecule has 86 valence electrons. The Hall–Kier alpha value is -1.16. The number of hydrogen-bond donors (Lipinski definition) is 2. The van der Waals surface area contributed by atoms with Crippen molar-refractivity contribution in [1.82, 2.24) is 0 Å². The van der Waals surface area contributed by atoms with Crippen LogP contribution < -0.4 is 5.73 Å². The highest BCUT2D eigenvalue weighted by atomic mass is 32.2. The largest absolute Gasteiger partial charge is 0.481 e. The van der Waals surface area contributed by atoms with Gasteiger partial charge in [0.1, 0.15) is 0 Å². The van der Waals surface area contributed by atoms with Gasteiger partial charge in [-0.05, 0) is 37.5 Å². The molecule has 1 aliphatic rings. The summed E-state index contributed by atoms with van der Waals surface area (Å²) in [5.41, 5.74) is 7.65. The van der Waals surface area contributed by atoms with Crippen molar-refractivity contribution in [2.24, 2.45) is 5.92 Å². The van der Waals surface area contributed by atoms with Crippen molar-refractivity contribution >= 4 is 23.4 Å². The monoisotopic (exact) mass is 237 g/mol. The normalized spacial score (nSPS) is 23.8. The fourth-order valence-corrected chi connectivity index (χ4v) is 3.26. The molecule has 0 heterocycles. The number of aliphatic carboxylic acids is 1. The Bertz CT molecular complexity index is 419. The van der Waals surface area contributed by atoms with Crippen LogP contribution in [0.25, 0.3) is 0 Å². The summed E-state index contributed by atoms with van der Waals surface area (Å²) < 4.78 is 0. The number of rotatable bonds is 3. The lowest BCUT2D eigenvalue weighted by atomic mass is 9.85. The van der Waals surface area contributed by atoms with Crippen molar-refractivity contribution in [3.8, 4) is 0 Å². The van der Waals surface area contributed by atoms with Gasteiger partial charge in [0.15, 0.2) is 0 Å². The van der Waals surface area contributed by atoms with Crippen molar-refractivity contribution in [1.29, 1.82) is 0 Å². The first-order valence-electron chi connectivity index (χ1n) is 5.34. The summed E-state index contributed by atoms with van der Waals surface area (Å²) >= 11 is 1.65. The lowest BCUT2D eigenvalue weighted by Crippen LogP contribution is -2.35. The topological polar surface area (TPSA) is 63.3 Å². The Balaban J connectivity index is 2.10. The minimum Gasteiger partial charge on any atom is -0.481 e. The van der Waals surface area contributed by atoms with Gasteiger partial charge in [-0.15, -0.1) is 11.8 Å². The summed E-state index contributed by atoms with van der Waals surface area (Å²) in [4.78, 5) is 12.0. The van der Waals surface area contributed by atoms with Gasteiger partial charge in [0.2, 0.25) is 0 Å². The van der Waals surface area contributed by atoms with Crippen LogP contribution >= 0.6 is 11.8 Å². The standard InChI is InChI=1S/C12H15NO2S/c1-7-9(13)3-2-4-10(7)16-11-6-5-8(11)12(14)15/h2-4,8,11H,5-6,13H2,1H3,(H,14,15). The summed E-state index contributed by atoms with van der Waals surface area (Å²) in [6.45, 7) is 1.98. The van der Waals surface area contributed by atoms with E-state index in [0.29, 0.717) is 0 Å². The number of thioether (sulfide) groups is 1. The maximum Gasteiger partial charge on any atom is 0.307 e. The van der Waals surface area contributed by atoms with Crippen LogP contribution in [0.2, 0.25) is 0 Å². The predicted molar refractivity (Wildman–Crippen MR) is 65.6 cm³/mol. The second-order valence-corrected chi connectivity index (χ2v) is 5.43. The first-order valence-corrected chi connectivity index (χ1v) is 6.22. The third-order valence-electron chi connectivity index (χ3n) is 3.13. The van der Waals surface area contributed by atoms with Gasteiger partial charge in [-0.25, -0.2) is 0 Å². The van der Waals surface area contributed by atoms with Crippen LogP contribution in [0.5, 0.6) is 0 Å². The van der Waals surface area contributed by atoms with Crippen molar-refractivity contribution in [2.45, 2.75) is 29.9 Å². The number of nitrogens with two attached hydrogens (primary N) is 1. The minimum atomic E-state index is -0.676. The Morgan fingerprint density at radius 1 is 1.50 bits per heavy atom.